The van der Waals surface area contributed by atoms with Gasteiger partial charge in [-0.2, -0.15) is 22.0 Å². The van der Waals surface area contributed by atoms with Gasteiger partial charge in [-0.05, 0) is 370 Å². The molecular weight excluding hydrogens is 1770 g/mol. The van der Waals surface area contributed by atoms with E-state index < -0.39 is 58.2 Å². The maximum absolute atomic E-state index is 14.5. The molecule has 0 spiro atoms. The molecule has 0 aromatic heterocycles. The molecule has 0 saturated heterocycles. The van der Waals surface area contributed by atoms with Crippen LogP contribution in [-0.4, -0.2) is 33.0 Å². The van der Waals surface area contributed by atoms with E-state index in [-0.39, 0.29) is 57.3 Å². The van der Waals surface area contributed by atoms with Gasteiger partial charge in [-0.15, -0.1) is 0 Å². The van der Waals surface area contributed by atoms with Crippen LogP contribution in [0.15, 0.2) is 182 Å². The Balaban J connectivity index is 0.000000161. The lowest BCUT2D eigenvalue weighted by Crippen LogP contribution is -2.25. The minimum atomic E-state index is -0.929. The quantitative estimate of drug-likeness (QED) is 0.0311. The van der Waals surface area contributed by atoms with Crippen LogP contribution in [0.3, 0.4) is 0 Å². The van der Waals surface area contributed by atoms with Gasteiger partial charge in [0.1, 0.15) is 0 Å². The van der Waals surface area contributed by atoms with Crippen molar-refractivity contribution in [3.8, 4) is 73.3 Å². The second-order valence-corrected chi connectivity index (χ2v) is 40.3. The number of ether oxygens (including phenoxy) is 5. The average molecular weight is 1930 g/mol. The first-order valence-corrected chi connectivity index (χ1v) is 54.0. The zero-order chi connectivity index (χ0) is 100.0. The molecule has 0 N–H and O–H groups in total. The van der Waals surface area contributed by atoms with Crippen LogP contribution in [0.1, 0.15) is 357 Å². The van der Waals surface area contributed by atoms with E-state index in [4.69, 9.17) is 23.7 Å². The van der Waals surface area contributed by atoms with E-state index in [0.717, 1.165) is 85.9 Å². The molecule has 0 aliphatic heterocycles. The van der Waals surface area contributed by atoms with Crippen LogP contribution < -0.4 is 23.7 Å². The summed E-state index contributed by atoms with van der Waals surface area (Å²) in [6.45, 7) is 26.0. The first-order chi connectivity index (χ1) is 68.0. The molecule has 6 fully saturated rings. The van der Waals surface area contributed by atoms with E-state index in [1.807, 2.05) is 48.5 Å². The molecule has 0 unspecified atom stereocenters. The minimum Gasteiger partial charge on any atom is -0.491 e. The highest BCUT2D eigenvalue weighted by molar-refractivity contribution is 5.69. The van der Waals surface area contributed by atoms with Gasteiger partial charge in [-0.3, -0.25) is 0 Å². The number of hydrogen-bond donors (Lipinski definition) is 0. The van der Waals surface area contributed by atoms with Gasteiger partial charge in [0.05, 0.1) is 33.0 Å². The van der Waals surface area contributed by atoms with E-state index >= 15 is 0 Å². The summed E-state index contributed by atoms with van der Waals surface area (Å²) >= 11 is 0. The van der Waals surface area contributed by atoms with Gasteiger partial charge in [0, 0.05) is 16.7 Å². The van der Waals surface area contributed by atoms with Gasteiger partial charge < -0.3 is 23.7 Å². The maximum Gasteiger partial charge on any atom is 0.201 e. The van der Waals surface area contributed by atoms with Gasteiger partial charge in [-0.25, -0.2) is 22.0 Å². The zero-order valence-electron chi connectivity index (χ0n) is 86.1. The van der Waals surface area contributed by atoms with Crippen molar-refractivity contribution in [1.29, 1.82) is 0 Å². The summed E-state index contributed by atoms with van der Waals surface area (Å²) in [5, 5.41) is 0. The predicted molar refractivity (Wildman–Crippen MR) is 558 cm³/mol. The Bertz CT molecular complexity index is 5280. The average Bonchev–Trinajstić information content (AvgIpc) is 0.798. The number of halogens is 10. The number of rotatable bonds is 32. The van der Waals surface area contributed by atoms with Crippen LogP contribution in [-0.2, 0) is 12.8 Å². The largest absolute Gasteiger partial charge is 0.491 e. The lowest BCUT2D eigenvalue weighted by atomic mass is 9.68. The molecule has 15 heteroatoms. The van der Waals surface area contributed by atoms with E-state index in [0.29, 0.717) is 72.7 Å². The SMILES string of the molecule is CCCC1CCC(C2CCC(c3ccc(OCC)c(F)c3F)CC2)CC1.CCCC1CCC(c2ccc(-c3ccc(OCC)c(F)c3F)cc2)CC1.CCCCCc1ccc(-c2ccc(C)cc2)cc1.CCCc1ccc(-c2ccc(OCC)c(F)c2F)cc1.CCOc1ccc(-c2ccc(C3CCC(CC)CC3)cc2)c(F)c1F.CCOc1ccc(C2CCC(C3CCC(CC)CC3)CC2)c(F)c1F. The molecular formula is C125H160F10O5. The van der Waals surface area contributed by atoms with Crippen molar-refractivity contribution in [1.82, 2.24) is 0 Å². The van der Waals surface area contributed by atoms with E-state index in [9.17, 15) is 43.9 Å². The third-order valence-corrected chi connectivity index (χ3v) is 31.2. The highest BCUT2D eigenvalue weighted by Gasteiger charge is 2.36. The molecule has 6 aliphatic rings. The molecule has 6 saturated carbocycles. The second kappa shape index (κ2) is 57.7. The monoisotopic (exact) mass is 1930 g/mol. The smallest absolute Gasteiger partial charge is 0.201 e. The third kappa shape index (κ3) is 31.3. The molecule has 140 heavy (non-hydrogen) atoms. The van der Waals surface area contributed by atoms with Crippen molar-refractivity contribution in [2.75, 3.05) is 33.0 Å². The minimum absolute atomic E-state index is 0.0325. The molecule has 10 aromatic carbocycles. The van der Waals surface area contributed by atoms with Gasteiger partial charge in [0.25, 0.3) is 0 Å². The van der Waals surface area contributed by atoms with E-state index in [1.54, 1.807) is 77.1 Å². The van der Waals surface area contributed by atoms with Gasteiger partial charge in [0.2, 0.25) is 29.1 Å². The van der Waals surface area contributed by atoms with Crippen molar-refractivity contribution >= 4 is 0 Å². The molecule has 0 bridgehead atoms. The molecule has 0 amide bonds. The topological polar surface area (TPSA) is 46.2 Å². The number of hydrogen-bond acceptors (Lipinski definition) is 5. The Morgan fingerprint density at radius 2 is 0.486 bits per heavy atom. The lowest BCUT2D eigenvalue weighted by molar-refractivity contribution is 0.155. The molecule has 760 valence electrons. The second-order valence-electron chi connectivity index (χ2n) is 40.3. The van der Waals surface area contributed by atoms with Gasteiger partial charge >= 0.3 is 0 Å². The standard InChI is InChI=1S/C23H34F2O.C23H28F2O.C22H32F2O.C22H26F2O.C18H22.C17H18F2O/c2*1-3-5-16-6-8-17(9-7-16)18-10-12-19(13-11-18)20-14-15-21(26-4-2)23(25)22(20)24;2*1-3-15-5-7-16(8-6-15)17-9-11-18(12-10-17)19-13-14-20(25-4-2)22(24)21(19)23;1-3-4-5-6-16-9-13-18(14-10-16)17-11-7-15(2)8-12-17;1-3-5-12-6-8-13(9-7-12)14-10-11-15(20-4-2)17(19)16(14)18/h14-19H,3-13H2,1-2H3;10-17H,3-9H2,1-2H3;13-18H,3-12H2,1-2H3;9-16H,3-8H2,1-2H3;7-14H,3-6H2,1-2H3;6-11H,3-5H2,1-2H3. The van der Waals surface area contributed by atoms with Crippen LogP contribution in [0.2, 0.25) is 0 Å². The van der Waals surface area contributed by atoms with Crippen molar-refractivity contribution in [3.05, 3.63) is 279 Å². The lowest BCUT2D eigenvalue weighted by Gasteiger charge is -2.38. The fourth-order valence-electron chi connectivity index (χ4n) is 22.8. The molecule has 6 aliphatic carbocycles. The molecule has 0 atom stereocenters. The van der Waals surface area contributed by atoms with Crippen molar-refractivity contribution in [2.24, 2.45) is 47.3 Å². The van der Waals surface area contributed by atoms with E-state index in [2.05, 4.69) is 121 Å². The summed E-state index contributed by atoms with van der Waals surface area (Å²) in [7, 11) is 0. The highest BCUT2D eigenvalue weighted by Crippen LogP contribution is 2.50. The summed E-state index contributed by atoms with van der Waals surface area (Å²) in [5.41, 5.74) is 13.2. The van der Waals surface area contributed by atoms with Crippen molar-refractivity contribution in [2.45, 2.75) is 338 Å². The predicted octanol–water partition coefficient (Wildman–Crippen LogP) is 38.3. The Kier molecular flexibility index (Phi) is 45.7. The Morgan fingerprint density at radius 3 is 0.793 bits per heavy atom. The fraction of sp³-hybridized carbons (Fsp3) is 0.520. The fourth-order valence-corrected chi connectivity index (χ4v) is 22.8. The number of aryl methyl sites for hydroxylation is 3. The Labute approximate surface area is 833 Å². The molecule has 0 radical (unpaired) electrons. The normalized spacial score (nSPS) is 21.2. The Morgan fingerprint density at radius 1 is 0.221 bits per heavy atom. The molecule has 10 aromatic rings. The highest BCUT2D eigenvalue weighted by atomic mass is 19.2. The number of benzene rings is 10. The first-order valence-electron chi connectivity index (χ1n) is 54.0. The van der Waals surface area contributed by atoms with Crippen LogP contribution in [0.25, 0.3) is 44.5 Å². The summed E-state index contributed by atoms with van der Waals surface area (Å²) < 4.78 is 168. The third-order valence-electron chi connectivity index (χ3n) is 31.2. The summed E-state index contributed by atoms with van der Waals surface area (Å²) in [4.78, 5) is 0. The molecule has 0 heterocycles. The summed E-state index contributed by atoms with van der Waals surface area (Å²) in [6, 6.07) is 57.1. The van der Waals surface area contributed by atoms with Crippen LogP contribution in [0, 0.1) is 112 Å². The summed E-state index contributed by atoms with van der Waals surface area (Å²) in [6.07, 6.45) is 44.9. The summed E-state index contributed by atoms with van der Waals surface area (Å²) in [5.74, 6) is 0.100. The molecule has 5 nitrogen and oxygen atoms in total. The zero-order valence-corrected chi connectivity index (χ0v) is 86.1. The van der Waals surface area contributed by atoms with Crippen molar-refractivity contribution < 1.29 is 67.6 Å². The van der Waals surface area contributed by atoms with Crippen LogP contribution >= 0.6 is 0 Å². The number of unbranched alkanes of at least 4 members (excludes halogenated alkanes) is 2. The van der Waals surface area contributed by atoms with Crippen molar-refractivity contribution in [3.63, 3.8) is 0 Å². The first kappa shape index (κ1) is 111. The van der Waals surface area contributed by atoms with Gasteiger partial charge in [-0.1, -0.05) is 264 Å². The molecule has 16 rings (SSSR count). The van der Waals surface area contributed by atoms with E-state index in [1.165, 1.54) is 250 Å². The van der Waals surface area contributed by atoms with Crippen LogP contribution in [0.5, 0.6) is 28.7 Å². The van der Waals surface area contributed by atoms with Gasteiger partial charge in [0.15, 0.2) is 57.8 Å². The maximum atomic E-state index is 14.5. The van der Waals surface area contributed by atoms with Crippen LogP contribution in [0.4, 0.5) is 43.9 Å². The Hall–Kier alpha value is -9.50.